The van der Waals surface area contributed by atoms with E-state index in [0.717, 1.165) is 0 Å². The van der Waals surface area contributed by atoms with Gasteiger partial charge >= 0.3 is 0 Å². The van der Waals surface area contributed by atoms with E-state index in [-0.39, 0.29) is 0 Å². The molecule has 0 amide bonds. The van der Waals surface area contributed by atoms with Crippen molar-refractivity contribution >= 4 is 12.2 Å². The smallest absolute Gasteiger partial charge is 0.0184 e. The van der Waals surface area contributed by atoms with E-state index >= 15 is 0 Å². The van der Waals surface area contributed by atoms with Crippen molar-refractivity contribution in [3.05, 3.63) is 96.1 Å². The maximum Gasteiger partial charge on any atom is -0.0184 e. The number of hydrogen-bond donors (Lipinski definition) is 0. The van der Waals surface area contributed by atoms with Gasteiger partial charge in [0.25, 0.3) is 0 Å². The van der Waals surface area contributed by atoms with Crippen molar-refractivity contribution < 1.29 is 0 Å². The highest BCUT2D eigenvalue weighted by Gasteiger charge is 1.95. The fraction of sp³-hybridized carbons (Fsp3) is 0. The molecular weight excluding hydrogens is 240 g/mol. The van der Waals surface area contributed by atoms with E-state index < -0.39 is 0 Å². The molecule has 0 nitrogen and oxygen atoms in total. The molecule has 3 aromatic carbocycles. The molecule has 0 saturated heterocycles. The molecule has 0 spiro atoms. The predicted molar refractivity (Wildman–Crippen MR) is 86.1 cm³/mol. The molecule has 3 rings (SSSR count). The first-order valence-electron chi connectivity index (χ1n) is 6.71. The van der Waals surface area contributed by atoms with Gasteiger partial charge in [-0.1, -0.05) is 91.0 Å². The molecule has 20 heavy (non-hydrogen) atoms. The molecule has 0 saturated carbocycles. The zero-order valence-corrected chi connectivity index (χ0v) is 11.2. The molecule has 0 aliphatic carbocycles. The van der Waals surface area contributed by atoms with Crippen LogP contribution in [0.15, 0.2) is 78.9 Å². The normalized spacial score (nSPS) is 10.8. The highest BCUT2D eigenvalue weighted by Crippen LogP contribution is 2.19. The summed E-state index contributed by atoms with van der Waals surface area (Å²) in [6.07, 6.45) is 4.27. The van der Waals surface area contributed by atoms with Crippen molar-refractivity contribution in [2.45, 2.75) is 0 Å². The SMILES string of the molecule is [c]1ccc(-c2ccc(C=Cc3ccccc3)cc2)cc1. The van der Waals surface area contributed by atoms with Crippen LogP contribution in [-0.4, -0.2) is 0 Å². The fourth-order valence-electron chi connectivity index (χ4n) is 2.12. The van der Waals surface area contributed by atoms with E-state index in [2.05, 4.69) is 78.9 Å². The van der Waals surface area contributed by atoms with Gasteiger partial charge in [-0.2, -0.15) is 0 Å². The van der Waals surface area contributed by atoms with Crippen LogP contribution in [0.5, 0.6) is 0 Å². The Morgan fingerprint density at radius 2 is 1.10 bits per heavy atom. The summed E-state index contributed by atoms with van der Waals surface area (Å²) < 4.78 is 0. The summed E-state index contributed by atoms with van der Waals surface area (Å²) in [5.74, 6) is 0. The predicted octanol–water partition coefficient (Wildman–Crippen LogP) is 5.32. The summed E-state index contributed by atoms with van der Waals surface area (Å²) in [7, 11) is 0. The summed E-state index contributed by atoms with van der Waals surface area (Å²) in [6, 6.07) is 30.0. The van der Waals surface area contributed by atoms with Crippen LogP contribution >= 0.6 is 0 Å². The minimum atomic E-state index is 1.21. The van der Waals surface area contributed by atoms with Gasteiger partial charge < -0.3 is 0 Å². The van der Waals surface area contributed by atoms with Gasteiger partial charge in [0.1, 0.15) is 0 Å². The Bertz CT molecular complexity index is 677. The molecule has 0 N–H and O–H groups in total. The van der Waals surface area contributed by atoms with Crippen LogP contribution in [0.4, 0.5) is 0 Å². The van der Waals surface area contributed by atoms with Crippen molar-refractivity contribution in [3.8, 4) is 11.1 Å². The van der Waals surface area contributed by atoms with E-state index in [0.29, 0.717) is 0 Å². The van der Waals surface area contributed by atoms with Crippen LogP contribution in [0.25, 0.3) is 23.3 Å². The highest BCUT2D eigenvalue weighted by molar-refractivity contribution is 5.72. The fourth-order valence-corrected chi connectivity index (χ4v) is 2.12. The van der Waals surface area contributed by atoms with E-state index in [4.69, 9.17) is 0 Å². The lowest BCUT2D eigenvalue weighted by molar-refractivity contribution is 1.59. The average Bonchev–Trinajstić information content (AvgIpc) is 2.55. The Hall–Kier alpha value is -2.60. The summed E-state index contributed by atoms with van der Waals surface area (Å²) in [5, 5.41) is 0. The largest absolute Gasteiger partial charge is 0.0622 e. The Kier molecular flexibility index (Phi) is 3.75. The van der Waals surface area contributed by atoms with E-state index in [1.165, 1.54) is 22.3 Å². The quantitative estimate of drug-likeness (QED) is 0.555. The van der Waals surface area contributed by atoms with Gasteiger partial charge in [-0.05, 0) is 28.3 Å². The second kappa shape index (κ2) is 6.03. The molecular formula is C20H15. The van der Waals surface area contributed by atoms with Crippen LogP contribution in [0, 0.1) is 6.07 Å². The lowest BCUT2D eigenvalue weighted by Crippen LogP contribution is -1.78. The zero-order valence-electron chi connectivity index (χ0n) is 11.2. The van der Waals surface area contributed by atoms with Gasteiger partial charge in [0.05, 0.1) is 0 Å². The monoisotopic (exact) mass is 255 g/mol. The van der Waals surface area contributed by atoms with Gasteiger partial charge in [-0.15, -0.1) is 0 Å². The van der Waals surface area contributed by atoms with Crippen molar-refractivity contribution in [1.29, 1.82) is 0 Å². The molecule has 0 aromatic heterocycles. The van der Waals surface area contributed by atoms with Crippen molar-refractivity contribution in [3.63, 3.8) is 0 Å². The van der Waals surface area contributed by atoms with Crippen molar-refractivity contribution in [2.24, 2.45) is 0 Å². The van der Waals surface area contributed by atoms with Crippen molar-refractivity contribution in [2.75, 3.05) is 0 Å². The van der Waals surface area contributed by atoms with E-state index in [1.54, 1.807) is 0 Å². The van der Waals surface area contributed by atoms with Crippen LogP contribution in [0.1, 0.15) is 11.1 Å². The summed E-state index contributed by atoms with van der Waals surface area (Å²) in [5.41, 5.74) is 4.88. The van der Waals surface area contributed by atoms with Gasteiger partial charge in [-0.25, -0.2) is 0 Å². The first-order chi connectivity index (χ1) is 9.92. The van der Waals surface area contributed by atoms with Crippen molar-refractivity contribution in [1.82, 2.24) is 0 Å². The molecule has 0 aliphatic heterocycles. The minimum Gasteiger partial charge on any atom is -0.0622 e. The lowest BCUT2D eigenvalue weighted by Gasteiger charge is -2.01. The Balaban J connectivity index is 1.79. The van der Waals surface area contributed by atoms with Crippen LogP contribution < -0.4 is 0 Å². The molecule has 0 atom stereocenters. The zero-order chi connectivity index (χ0) is 13.6. The Morgan fingerprint density at radius 1 is 0.550 bits per heavy atom. The lowest BCUT2D eigenvalue weighted by atomic mass is 10.0. The van der Waals surface area contributed by atoms with E-state index in [9.17, 15) is 0 Å². The third kappa shape index (κ3) is 3.04. The number of benzene rings is 3. The average molecular weight is 255 g/mol. The number of rotatable bonds is 3. The molecule has 0 fully saturated rings. The Labute approximate surface area is 120 Å². The minimum absolute atomic E-state index is 1.21. The van der Waals surface area contributed by atoms with Crippen LogP contribution in [0.2, 0.25) is 0 Å². The molecule has 0 aliphatic rings. The standard InChI is InChI=1S/C20H15/c1-3-7-17(8-4-1)11-12-18-13-15-20(16-14-18)19-9-5-2-6-10-19/h1,3-16H. The van der Waals surface area contributed by atoms with Gasteiger partial charge in [0.15, 0.2) is 0 Å². The first kappa shape index (κ1) is 12.4. The third-order valence-electron chi connectivity index (χ3n) is 3.23. The molecule has 0 bridgehead atoms. The second-order valence-electron chi connectivity index (χ2n) is 4.65. The third-order valence-corrected chi connectivity index (χ3v) is 3.23. The summed E-state index contributed by atoms with van der Waals surface area (Å²) in [4.78, 5) is 0. The molecule has 0 heteroatoms. The number of hydrogen-bond acceptors (Lipinski definition) is 0. The van der Waals surface area contributed by atoms with Gasteiger partial charge in [0, 0.05) is 0 Å². The first-order valence-corrected chi connectivity index (χ1v) is 6.71. The van der Waals surface area contributed by atoms with Crippen LogP contribution in [-0.2, 0) is 0 Å². The Morgan fingerprint density at radius 3 is 1.75 bits per heavy atom. The molecule has 0 unspecified atom stereocenters. The maximum absolute atomic E-state index is 3.04. The second-order valence-corrected chi connectivity index (χ2v) is 4.65. The van der Waals surface area contributed by atoms with Gasteiger partial charge in [0.2, 0.25) is 0 Å². The molecule has 95 valence electrons. The molecule has 0 heterocycles. The highest BCUT2D eigenvalue weighted by atomic mass is 14.0. The summed E-state index contributed by atoms with van der Waals surface area (Å²) in [6.45, 7) is 0. The van der Waals surface area contributed by atoms with Crippen LogP contribution in [0.3, 0.4) is 0 Å². The van der Waals surface area contributed by atoms with E-state index in [1.807, 2.05) is 18.2 Å². The summed E-state index contributed by atoms with van der Waals surface area (Å²) >= 11 is 0. The molecule has 1 radical (unpaired) electrons. The topological polar surface area (TPSA) is 0 Å². The molecule has 3 aromatic rings. The van der Waals surface area contributed by atoms with Gasteiger partial charge in [-0.3, -0.25) is 0 Å². The maximum atomic E-state index is 3.04.